The molecular formula is C33H33N5O6. The number of ether oxygens (including phenoxy) is 1. The van der Waals surface area contributed by atoms with E-state index in [1.54, 1.807) is 60.7 Å². The zero-order valence-electron chi connectivity index (χ0n) is 24.3. The first-order valence-electron chi connectivity index (χ1n) is 13.8. The molecule has 1 aromatic heterocycles. The third-order valence-corrected chi connectivity index (χ3v) is 6.71. The van der Waals surface area contributed by atoms with Crippen LogP contribution >= 0.6 is 0 Å². The minimum atomic E-state index is -1.03. The molecule has 5 N–H and O–H groups in total. The molecule has 0 spiro atoms. The van der Waals surface area contributed by atoms with Crippen LogP contribution in [0.25, 0.3) is 0 Å². The maximum Gasteiger partial charge on any atom is 0.323 e. The second kappa shape index (κ2) is 15.1. The van der Waals surface area contributed by atoms with Gasteiger partial charge in [0.25, 0.3) is 0 Å². The van der Waals surface area contributed by atoms with Crippen molar-refractivity contribution >= 4 is 40.9 Å². The largest absolute Gasteiger partial charge is 0.495 e. The zero-order valence-corrected chi connectivity index (χ0v) is 24.3. The van der Waals surface area contributed by atoms with Crippen LogP contribution in [-0.4, -0.2) is 47.4 Å². The van der Waals surface area contributed by atoms with Gasteiger partial charge in [-0.15, -0.1) is 0 Å². The van der Waals surface area contributed by atoms with E-state index in [-0.39, 0.29) is 36.9 Å². The van der Waals surface area contributed by atoms with Gasteiger partial charge < -0.3 is 31.1 Å². The monoisotopic (exact) mass is 595 g/mol. The highest BCUT2D eigenvalue weighted by atomic mass is 16.5. The summed E-state index contributed by atoms with van der Waals surface area (Å²) in [7, 11) is 1.47. The number of pyridine rings is 1. The van der Waals surface area contributed by atoms with E-state index in [0.717, 1.165) is 5.56 Å². The van der Waals surface area contributed by atoms with Crippen LogP contribution in [0.3, 0.4) is 0 Å². The maximum atomic E-state index is 12.8. The number of aryl methyl sites for hydroxylation is 1. The van der Waals surface area contributed by atoms with Gasteiger partial charge in [0.15, 0.2) is 5.78 Å². The van der Waals surface area contributed by atoms with Gasteiger partial charge in [0.05, 0.1) is 32.2 Å². The van der Waals surface area contributed by atoms with Gasteiger partial charge in [0, 0.05) is 23.5 Å². The Kier molecular flexibility index (Phi) is 10.8. The third kappa shape index (κ3) is 8.97. The van der Waals surface area contributed by atoms with E-state index in [9.17, 15) is 24.3 Å². The summed E-state index contributed by atoms with van der Waals surface area (Å²) in [5.74, 6) is -0.856. The topological polar surface area (TPSA) is 159 Å². The summed E-state index contributed by atoms with van der Waals surface area (Å²) in [5, 5.41) is 20.7. The third-order valence-electron chi connectivity index (χ3n) is 6.71. The number of hydrogen-bond acceptors (Lipinski definition) is 7. The summed E-state index contributed by atoms with van der Waals surface area (Å²) in [6.07, 6.45) is 1.23. The van der Waals surface area contributed by atoms with Crippen molar-refractivity contribution < 1.29 is 29.0 Å². The molecule has 3 aromatic carbocycles. The molecule has 4 aromatic rings. The van der Waals surface area contributed by atoms with Gasteiger partial charge in [0.1, 0.15) is 11.6 Å². The number of ketones is 1. The highest BCUT2D eigenvalue weighted by Gasteiger charge is 2.18. The lowest BCUT2D eigenvalue weighted by Crippen LogP contribution is -2.29. The molecule has 11 nitrogen and oxygen atoms in total. The Labute approximate surface area is 254 Å². The lowest BCUT2D eigenvalue weighted by atomic mass is 10.0. The number of rotatable bonds is 13. The first kappa shape index (κ1) is 31.4. The van der Waals surface area contributed by atoms with Crippen molar-refractivity contribution in [2.75, 3.05) is 29.6 Å². The number of anilines is 3. The molecule has 0 radical (unpaired) electrons. The summed E-state index contributed by atoms with van der Waals surface area (Å²) in [6, 6.07) is 23.3. The quantitative estimate of drug-likeness (QED) is 0.132. The van der Waals surface area contributed by atoms with Crippen LogP contribution in [0.15, 0.2) is 91.1 Å². The first-order valence-corrected chi connectivity index (χ1v) is 13.8. The van der Waals surface area contributed by atoms with Gasteiger partial charge in [-0.05, 0) is 47.9 Å². The molecule has 11 heteroatoms. The van der Waals surface area contributed by atoms with Crippen molar-refractivity contribution in [1.29, 1.82) is 0 Å². The Hall–Kier alpha value is -5.55. The number of carbonyl (C=O) groups is 4. The van der Waals surface area contributed by atoms with Crippen molar-refractivity contribution in [3.63, 3.8) is 0 Å². The van der Waals surface area contributed by atoms with Crippen LogP contribution in [0, 0.1) is 6.92 Å². The number of nitrogens with one attached hydrogen (secondary N) is 4. The Morgan fingerprint density at radius 3 is 2.27 bits per heavy atom. The molecule has 0 aliphatic carbocycles. The molecule has 226 valence electrons. The molecule has 4 rings (SSSR count). The molecule has 1 unspecified atom stereocenters. The fourth-order valence-electron chi connectivity index (χ4n) is 4.42. The fraction of sp³-hybridized carbons (Fsp3) is 0.182. The average molecular weight is 596 g/mol. The van der Waals surface area contributed by atoms with E-state index in [0.29, 0.717) is 33.8 Å². The van der Waals surface area contributed by atoms with Crippen molar-refractivity contribution in [2.24, 2.45) is 0 Å². The number of urea groups is 1. The number of carboxylic acid groups (broad SMARTS) is 1. The van der Waals surface area contributed by atoms with E-state index < -0.39 is 18.0 Å². The second-order valence-electron chi connectivity index (χ2n) is 9.95. The van der Waals surface area contributed by atoms with Gasteiger partial charge in [-0.25, -0.2) is 9.78 Å². The number of carboxylic acids is 1. The predicted molar refractivity (Wildman–Crippen MR) is 167 cm³/mol. The summed E-state index contributed by atoms with van der Waals surface area (Å²) in [4.78, 5) is 53.5. The van der Waals surface area contributed by atoms with Crippen molar-refractivity contribution in [2.45, 2.75) is 25.8 Å². The minimum Gasteiger partial charge on any atom is -0.495 e. The Bertz CT molecular complexity index is 1630. The molecule has 0 saturated carbocycles. The number of aliphatic carboxylic acids is 1. The minimum absolute atomic E-state index is 0.0142. The Morgan fingerprint density at radius 2 is 1.59 bits per heavy atom. The number of Topliss-reactive ketones (excluding diaryl/α,β-unsaturated/α-hetero) is 1. The number of para-hydroxylation sites is 1. The molecule has 44 heavy (non-hydrogen) atoms. The fourth-order valence-corrected chi connectivity index (χ4v) is 4.42. The lowest BCUT2D eigenvalue weighted by Gasteiger charge is -2.17. The summed E-state index contributed by atoms with van der Waals surface area (Å²) in [5.41, 5.74) is 3.78. The number of amides is 3. The number of nitrogens with zero attached hydrogens (tertiary/aromatic N) is 1. The van der Waals surface area contributed by atoms with E-state index in [1.807, 2.05) is 31.2 Å². The molecule has 0 fully saturated rings. The number of hydrogen-bond donors (Lipinski definition) is 5. The van der Waals surface area contributed by atoms with Gasteiger partial charge in [-0.3, -0.25) is 14.4 Å². The molecule has 1 atom stereocenters. The SMILES string of the molecule is COc1cc(CC(=O)Nc2ccc(C(CC(=O)O)NCC(=O)c3ccccc3)cn2)ccc1NC(=O)Nc1ccccc1C. The molecule has 0 bridgehead atoms. The first-order chi connectivity index (χ1) is 21.2. The van der Waals surface area contributed by atoms with Crippen LogP contribution in [0.1, 0.15) is 39.5 Å². The van der Waals surface area contributed by atoms with Gasteiger partial charge in [0.2, 0.25) is 5.91 Å². The molecule has 3 amide bonds. The molecule has 0 aliphatic rings. The van der Waals surface area contributed by atoms with Crippen LogP contribution in [0.2, 0.25) is 0 Å². The summed E-state index contributed by atoms with van der Waals surface area (Å²) in [6.45, 7) is 1.85. The maximum absolute atomic E-state index is 12.8. The highest BCUT2D eigenvalue weighted by molar-refractivity contribution is 6.01. The van der Waals surface area contributed by atoms with Gasteiger partial charge >= 0.3 is 12.0 Å². The van der Waals surface area contributed by atoms with Crippen LogP contribution in [0.5, 0.6) is 5.75 Å². The lowest BCUT2D eigenvalue weighted by molar-refractivity contribution is -0.137. The Balaban J connectivity index is 1.34. The van der Waals surface area contributed by atoms with Crippen LogP contribution in [0.4, 0.5) is 22.0 Å². The standard InChI is InChI=1S/C33H33N5O6/c1-21-8-6-7-11-25(21)36-33(43)37-26-14-12-22(16-29(26)44-2)17-31(40)38-30-15-13-24(19-35-30)27(18-32(41)42)34-20-28(39)23-9-4-3-5-10-23/h3-16,19,27,34H,17-18,20H2,1-2H3,(H,41,42)(H,35,38,40)(H2,36,37,43). The smallest absolute Gasteiger partial charge is 0.323 e. The number of methoxy groups -OCH3 is 1. The molecule has 1 heterocycles. The van der Waals surface area contributed by atoms with E-state index in [1.165, 1.54) is 13.3 Å². The number of carbonyl (C=O) groups excluding carboxylic acids is 3. The summed E-state index contributed by atoms with van der Waals surface area (Å²) < 4.78 is 5.43. The van der Waals surface area contributed by atoms with Gasteiger partial charge in [-0.1, -0.05) is 60.7 Å². The normalized spacial score (nSPS) is 11.2. The van der Waals surface area contributed by atoms with E-state index in [4.69, 9.17) is 4.74 Å². The second-order valence-corrected chi connectivity index (χ2v) is 9.95. The van der Waals surface area contributed by atoms with E-state index in [2.05, 4.69) is 26.3 Å². The van der Waals surface area contributed by atoms with Crippen molar-refractivity contribution in [1.82, 2.24) is 10.3 Å². The van der Waals surface area contributed by atoms with Crippen LogP contribution < -0.4 is 26.0 Å². The zero-order chi connectivity index (χ0) is 31.5. The summed E-state index contributed by atoms with van der Waals surface area (Å²) >= 11 is 0. The highest BCUT2D eigenvalue weighted by Crippen LogP contribution is 2.27. The Morgan fingerprint density at radius 1 is 0.864 bits per heavy atom. The van der Waals surface area contributed by atoms with Crippen LogP contribution in [-0.2, 0) is 16.0 Å². The predicted octanol–water partition coefficient (Wildman–Crippen LogP) is 5.21. The van der Waals surface area contributed by atoms with E-state index >= 15 is 0 Å². The van der Waals surface area contributed by atoms with Crippen molar-refractivity contribution in [3.05, 3.63) is 113 Å². The molecule has 0 aliphatic heterocycles. The molecular weight excluding hydrogens is 562 g/mol. The van der Waals surface area contributed by atoms with Crippen molar-refractivity contribution in [3.8, 4) is 5.75 Å². The number of benzene rings is 3. The number of aromatic nitrogens is 1. The average Bonchev–Trinajstić information content (AvgIpc) is 3.01. The molecule has 0 saturated heterocycles. The van der Waals surface area contributed by atoms with Gasteiger partial charge in [-0.2, -0.15) is 0 Å².